The highest BCUT2D eigenvalue weighted by atomic mass is 16.5. The Hall–Kier alpha value is -1.47. The number of carbonyl (C=O) groups is 1. The molecule has 3 rings (SSSR count). The van der Waals surface area contributed by atoms with Crippen molar-refractivity contribution in [2.45, 2.75) is 19.6 Å². The van der Waals surface area contributed by atoms with Crippen LogP contribution in [0.15, 0.2) is 24.3 Å². The van der Waals surface area contributed by atoms with Gasteiger partial charge < -0.3 is 14.8 Å². The lowest BCUT2D eigenvalue weighted by Crippen LogP contribution is -2.44. The zero-order chi connectivity index (χ0) is 16.8. The number of morpholine rings is 2. The molecular weight excluding hydrogens is 306 g/mol. The van der Waals surface area contributed by atoms with E-state index < -0.39 is 0 Å². The van der Waals surface area contributed by atoms with Gasteiger partial charge >= 0.3 is 0 Å². The average molecular weight is 333 g/mol. The predicted octanol–water partition coefficient (Wildman–Crippen LogP) is 1.18. The summed E-state index contributed by atoms with van der Waals surface area (Å²) in [5.41, 5.74) is 2.11. The third kappa shape index (κ3) is 5.27. The van der Waals surface area contributed by atoms with Crippen LogP contribution in [-0.4, -0.2) is 74.4 Å². The van der Waals surface area contributed by atoms with Crippen LogP contribution >= 0.6 is 0 Å². The second-order valence-corrected chi connectivity index (χ2v) is 6.55. The zero-order valence-corrected chi connectivity index (χ0v) is 14.4. The molecule has 0 aliphatic carbocycles. The number of anilines is 1. The molecule has 24 heavy (non-hydrogen) atoms. The topological polar surface area (TPSA) is 54.0 Å². The highest BCUT2D eigenvalue weighted by Gasteiger charge is 2.19. The molecule has 0 saturated carbocycles. The maximum Gasteiger partial charge on any atom is 0.238 e. The first-order valence-corrected chi connectivity index (χ1v) is 8.72. The van der Waals surface area contributed by atoms with Crippen molar-refractivity contribution in [3.05, 3.63) is 29.8 Å². The molecule has 0 bridgehead atoms. The minimum atomic E-state index is 0.0324. The Morgan fingerprint density at radius 1 is 1.12 bits per heavy atom. The van der Waals surface area contributed by atoms with Gasteiger partial charge in [-0.1, -0.05) is 12.1 Å². The first-order chi connectivity index (χ1) is 11.7. The number of hydrogen-bond acceptors (Lipinski definition) is 5. The fraction of sp³-hybridized carbons (Fsp3) is 0.611. The van der Waals surface area contributed by atoms with Crippen molar-refractivity contribution in [2.24, 2.45) is 0 Å². The lowest BCUT2D eigenvalue weighted by Gasteiger charge is -2.30. The summed E-state index contributed by atoms with van der Waals surface area (Å²) in [6, 6.07) is 8.13. The molecule has 0 unspecified atom stereocenters. The van der Waals surface area contributed by atoms with Crippen LogP contribution < -0.4 is 5.32 Å². The van der Waals surface area contributed by atoms with Crippen LogP contribution in [0.3, 0.4) is 0 Å². The van der Waals surface area contributed by atoms with E-state index in [1.54, 1.807) is 0 Å². The maximum atomic E-state index is 12.2. The van der Waals surface area contributed by atoms with Gasteiger partial charge in [0.1, 0.15) is 0 Å². The van der Waals surface area contributed by atoms with Crippen LogP contribution in [0.1, 0.15) is 12.5 Å². The molecule has 2 aliphatic heterocycles. The molecule has 1 N–H and O–H groups in total. The van der Waals surface area contributed by atoms with E-state index in [2.05, 4.69) is 27.2 Å². The van der Waals surface area contributed by atoms with E-state index in [1.165, 1.54) is 5.56 Å². The predicted molar refractivity (Wildman–Crippen MR) is 93.0 cm³/mol. The summed E-state index contributed by atoms with van der Waals surface area (Å²) in [6.45, 7) is 9.31. The molecule has 2 fully saturated rings. The van der Waals surface area contributed by atoms with Crippen LogP contribution in [0.5, 0.6) is 0 Å². The van der Waals surface area contributed by atoms with Gasteiger partial charge in [-0.05, 0) is 24.6 Å². The molecule has 2 heterocycles. The number of amides is 1. The first-order valence-electron chi connectivity index (χ1n) is 8.72. The van der Waals surface area contributed by atoms with E-state index >= 15 is 0 Å². The second kappa shape index (κ2) is 8.58. The van der Waals surface area contributed by atoms with Gasteiger partial charge in [0.15, 0.2) is 0 Å². The molecular formula is C18H27N3O3. The molecule has 1 aromatic carbocycles. The van der Waals surface area contributed by atoms with Crippen LogP contribution in [0.25, 0.3) is 0 Å². The number of hydrogen-bond donors (Lipinski definition) is 1. The van der Waals surface area contributed by atoms with Crippen LogP contribution in [0.2, 0.25) is 0 Å². The third-order valence-corrected chi connectivity index (χ3v) is 4.44. The van der Waals surface area contributed by atoms with Gasteiger partial charge in [0.25, 0.3) is 0 Å². The SMILES string of the molecule is C[C@@H]1CN(CC(=O)Nc2ccc(CN3CCOCC3)cc2)CCO1. The molecule has 2 aliphatic rings. The van der Waals surface area contributed by atoms with Gasteiger partial charge in [0.05, 0.1) is 32.5 Å². The Morgan fingerprint density at radius 3 is 2.54 bits per heavy atom. The second-order valence-electron chi connectivity index (χ2n) is 6.55. The fourth-order valence-corrected chi connectivity index (χ4v) is 3.15. The van der Waals surface area contributed by atoms with Crippen molar-refractivity contribution in [3.63, 3.8) is 0 Å². The highest BCUT2D eigenvalue weighted by molar-refractivity contribution is 5.92. The van der Waals surface area contributed by atoms with Crippen molar-refractivity contribution >= 4 is 11.6 Å². The molecule has 6 nitrogen and oxygen atoms in total. The molecule has 2 saturated heterocycles. The molecule has 132 valence electrons. The van der Waals surface area contributed by atoms with Crippen LogP contribution in [0, 0.1) is 0 Å². The van der Waals surface area contributed by atoms with E-state index in [0.717, 1.165) is 51.6 Å². The Kier molecular flexibility index (Phi) is 6.20. The number of nitrogens with one attached hydrogen (secondary N) is 1. The summed E-state index contributed by atoms with van der Waals surface area (Å²) in [4.78, 5) is 16.7. The number of ether oxygens (including phenoxy) is 2. The summed E-state index contributed by atoms with van der Waals surface area (Å²) in [7, 11) is 0. The number of rotatable bonds is 5. The number of benzene rings is 1. The van der Waals surface area contributed by atoms with E-state index in [9.17, 15) is 4.79 Å². The standard InChI is InChI=1S/C18H27N3O3/c1-15-12-21(8-11-24-15)14-18(22)19-17-4-2-16(3-5-17)13-20-6-9-23-10-7-20/h2-5,15H,6-14H2,1H3,(H,19,22)/t15-/m1/s1. The minimum absolute atomic E-state index is 0.0324. The van der Waals surface area contributed by atoms with Crippen molar-refractivity contribution in [1.29, 1.82) is 0 Å². The maximum absolute atomic E-state index is 12.2. The normalized spacial score (nSPS) is 23.1. The largest absolute Gasteiger partial charge is 0.379 e. The van der Waals surface area contributed by atoms with Gasteiger partial charge in [-0.2, -0.15) is 0 Å². The molecule has 0 aromatic heterocycles. The molecule has 1 aromatic rings. The number of carbonyl (C=O) groups excluding carboxylic acids is 1. The molecule has 6 heteroatoms. The monoisotopic (exact) mass is 333 g/mol. The van der Waals surface area contributed by atoms with E-state index in [-0.39, 0.29) is 12.0 Å². The van der Waals surface area contributed by atoms with Gasteiger partial charge in [-0.15, -0.1) is 0 Å². The summed E-state index contributed by atoms with van der Waals surface area (Å²) >= 11 is 0. The third-order valence-electron chi connectivity index (χ3n) is 4.44. The average Bonchev–Trinajstić information content (AvgIpc) is 2.57. The van der Waals surface area contributed by atoms with Gasteiger partial charge in [0, 0.05) is 38.4 Å². The Morgan fingerprint density at radius 2 is 1.83 bits per heavy atom. The Bertz CT molecular complexity index is 529. The molecule has 1 amide bonds. The van der Waals surface area contributed by atoms with Gasteiger partial charge in [-0.3, -0.25) is 14.6 Å². The Balaban J connectivity index is 1.45. The zero-order valence-electron chi connectivity index (χ0n) is 14.4. The summed E-state index contributed by atoms with van der Waals surface area (Å²) < 4.78 is 10.9. The summed E-state index contributed by atoms with van der Waals surface area (Å²) in [5, 5.41) is 2.98. The van der Waals surface area contributed by atoms with Gasteiger partial charge in [0.2, 0.25) is 5.91 Å². The minimum Gasteiger partial charge on any atom is -0.379 e. The lowest BCUT2D eigenvalue weighted by atomic mass is 10.2. The quantitative estimate of drug-likeness (QED) is 0.877. The van der Waals surface area contributed by atoms with Gasteiger partial charge in [-0.25, -0.2) is 0 Å². The van der Waals surface area contributed by atoms with Crippen molar-refractivity contribution in [1.82, 2.24) is 9.80 Å². The van der Waals surface area contributed by atoms with Crippen LogP contribution in [0.4, 0.5) is 5.69 Å². The van der Waals surface area contributed by atoms with E-state index in [4.69, 9.17) is 9.47 Å². The smallest absolute Gasteiger partial charge is 0.238 e. The van der Waals surface area contributed by atoms with E-state index in [0.29, 0.717) is 13.2 Å². The molecule has 0 spiro atoms. The molecule has 1 atom stereocenters. The first kappa shape index (κ1) is 17.4. The summed E-state index contributed by atoms with van der Waals surface area (Å²) in [6.07, 6.45) is 0.200. The molecule has 0 radical (unpaired) electrons. The fourth-order valence-electron chi connectivity index (χ4n) is 3.15. The highest BCUT2D eigenvalue weighted by Crippen LogP contribution is 2.13. The number of nitrogens with zero attached hydrogens (tertiary/aromatic N) is 2. The lowest BCUT2D eigenvalue weighted by molar-refractivity contribution is -0.119. The van der Waals surface area contributed by atoms with E-state index in [1.807, 2.05) is 19.1 Å². The summed E-state index contributed by atoms with van der Waals surface area (Å²) in [5.74, 6) is 0.0324. The Labute approximate surface area is 143 Å². The van der Waals surface area contributed by atoms with Crippen LogP contribution in [-0.2, 0) is 20.8 Å². The van der Waals surface area contributed by atoms with Crippen molar-refractivity contribution in [3.8, 4) is 0 Å². The van der Waals surface area contributed by atoms with Crippen molar-refractivity contribution in [2.75, 3.05) is 57.9 Å². The van der Waals surface area contributed by atoms with Crippen molar-refractivity contribution < 1.29 is 14.3 Å².